The molecular formula is C20H20F2N2O5. The van der Waals surface area contributed by atoms with Crippen molar-refractivity contribution in [2.75, 3.05) is 26.2 Å². The van der Waals surface area contributed by atoms with Gasteiger partial charge in [0.1, 0.15) is 11.6 Å². The van der Waals surface area contributed by atoms with Gasteiger partial charge < -0.3 is 15.1 Å². The normalized spacial score (nSPS) is 13.9. The van der Waals surface area contributed by atoms with E-state index in [9.17, 15) is 13.6 Å². The summed E-state index contributed by atoms with van der Waals surface area (Å²) in [5.41, 5.74) is 1.44. The number of benzene rings is 2. The van der Waals surface area contributed by atoms with Gasteiger partial charge in [-0.3, -0.25) is 9.69 Å². The van der Waals surface area contributed by atoms with Crippen LogP contribution in [0.15, 0.2) is 48.5 Å². The molecule has 154 valence electrons. The standard InChI is InChI=1S/C18H18F2N2O.C2H2O4/c19-16-6-4-15(5-7-16)18(23)22-10-8-21(9-11-22)13-14-2-1-3-17(20)12-14;3-1(4)2(5)6/h1-7,12H,8-11,13H2;(H,3,4)(H,5,6). The summed E-state index contributed by atoms with van der Waals surface area (Å²) in [5, 5.41) is 14.8. The minimum Gasteiger partial charge on any atom is -0.473 e. The number of halogens is 2. The van der Waals surface area contributed by atoms with Gasteiger partial charge in [0, 0.05) is 38.3 Å². The summed E-state index contributed by atoms with van der Waals surface area (Å²) in [7, 11) is 0. The first kappa shape index (κ1) is 22.0. The van der Waals surface area contributed by atoms with Crippen molar-refractivity contribution in [3.05, 3.63) is 71.3 Å². The number of nitrogens with zero attached hydrogens (tertiary/aromatic N) is 2. The fourth-order valence-corrected chi connectivity index (χ4v) is 2.78. The van der Waals surface area contributed by atoms with Crippen molar-refractivity contribution in [2.24, 2.45) is 0 Å². The molecule has 3 rings (SSSR count). The van der Waals surface area contributed by atoms with Crippen LogP contribution < -0.4 is 0 Å². The smallest absolute Gasteiger partial charge is 0.414 e. The van der Waals surface area contributed by atoms with Crippen molar-refractivity contribution in [3.63, 3.8) is 0 Å². The maximum absolute atomic E-state index is 13.2. The van der Waals surface area contributed by atoms with Crippen LogP contribution in [-0.2, 0) is 16.1 Å². The average Bonchev–Trinajstić information content (AvgIpc) is 2.69. The number of rotatable bonds is 3. The molecule has 0 radical (unpaired) electrons. The molecule has 1 saturated heterocycles. The van der Waals surface area contributed by atoms with E-state index >= 15 is 0 Å². The number of carboxylic acids is 2. The number of carboxylic acid groups (broad SMARTS) is 2. The second-order valence-electron chi connectivity index (χ2n) is 6.32. The van der Waals surface area contributed by atoms with E-state index in [0.717, 1.165) is 18.7 Å². The molecule has 0 aromatic heterocycles. The summed E-state index contributed by atoms with van der Waals surface area (Å²) >= 11 is 0. The van der Waals surface area contributed by atoms with E-state index in [4.69, 9.17) is 19.8 Å². The van der Waals surface area contributed by atoms with Gasteiger partial charge >= 0.3 is 11.9 Å². The molecule has 0 aliphatic carbocycles. The van der Waals surface area contributed by atoms with Crippen molar-refractivity contribution >= 4 is 17.8 Å². The van der Waals surface area contributed by atoms with Crippen LogP contribution in [0.4, 0.5) is 8.78 Å². The molecule has 1 aliphatic rings. The topological polar surface area (TPSA) is 98.1 Å². The van der Waals surface area contributed by atoms with Crippen molar-refractivity contribution in [1.82, 2.24) is 9.80 Å². The Kier molecular flexibility index (Phi) is 7.79. The maximum atomic E-state index is 13.2. The summed E-state index contributed by atoms with van der Waals surface area (Å²) in [6, 6.07) is 12.2. The first-order valence-corrected chi connectivity index (χ1v) is 8.74. The van der Waals surface area contributed by atoms with Crippen LogP contribution in [0.1, 0.15) is 15.9 Å². The highest BCUT2D eigenvalue weighted by molar-refractivity contribution is 6.27. The molecule has 1 heterocycles. The zero-order valence-corrected chi connectivity index (χ0v) is 15.4. The molecule has 29 heavy (non-hydrogen) atoms. The van der Waals surface area contributed by atoms with Crippen molar-refractivity contribution in [2.45, 2.75) is 6.54 Å². The second kappa shape index (κ2) is 10.3. The lowest BCUT2D eigenvalue weighted by Crippen LogP contribution is -2.48. The Labute approximate surface area is 165 Å². The molecule has 0 spiro atoms. The van der Waals surface area contributed by atoms with E-state index in [1.165, 1.54) is 36.4 Å². The van der Waals surface area contributed by atoms with Gasteiger partial charge in [0.15, 0.2) is 0 Å². The fraction of sp³-hybridized carbons (Fsp3) is 0.250. The average molecular weight is 406 g/mol. The van der Waals surface area contributed by atoms with Crippen LogP contribution in [0.2, 0.25) is 0 Å². The van der Waals surface area contributed by atoms with Gasteiger partial charge in [-0.2, -0.15) is 0 Å². The first-order valence-electron chi connectivity index (χ1n) is 8.74. The van der Waals surface area contributed by atoms with Gasteiger partial charge in [0.2, 0.25) is 0 Å². The predicted molar refractivity (Wildman–Crippen MR) is 99.3 cm³/mol. The molecule has 0 bridgehead atoms. The van der Waals surface area contributed by atoms with E-state index in [0.29, 0.717) is 25.2 Å². The van der Waals surface area contributed by atoms with E-state index < -0.39 is 11.9 Å². The van der Waals surface area contributed by atoms with Crippen LogP contribution in [-0.4, -0.2) is 64.0 Å². The fourth-order valence-electron chi connectivity index (χ4n) is 2.78. The monoisotopic (exact) mass is 406 g/mol. The highest BCUT2D eigenvalue weighted by Crippen LogP contribution is 2.13. The highest BCUT2D eigenvalue weighted by atomic mass is 19.1. The Morgan fingerprint density at radius 3 is 1.93 bits per heavy atom. The van der Waals surface area contributed by atoms with Gasteiger partial charge in [0.25, 0.3) is 5.91 Å². The third kappa shape index (κ3) is 6.96. The number of aliphatic carboxylic acids is 2. The second-order valence-corrected chi connectivity index (χ2v) is 6.32. The maximum Gasteiger partial charge on any atom is 0.414 e. The van der Waals surface area contributed by atoms with Crippen LogP contribution in [0, 0.1) is 11.6 Å². The summed E-state index contributed by atoms with van der Waals surface area (Å²) in [4.78, 5) is 34.5. The lowest BCUT2D eigenvalue weighted by molar-refractivity contribution is -0.159. The third-order valence-corrected chi connectivity index (χ3v) is 4.23. The highest BCUT2D eigenvalue weighted by Gasteiger charge is 2.22. The summed E-state index contributed by atoms with van der Waals surface area (Å²) in [6.07, 6.45) is 0. The minimum absolute atomic E-state index is 0.0737. The van der Waals surface area contributed by atoms with Crippen LogP contribution >= 0.6 is 0 Å². The summed E-state index contributed by atoms with van der Waals surface area (Å²) in [5.74, 6) is -4.30. The first-order chi connectivity index (χ1) is 13.8. The number of carbonyl (C=O) groups excluding carboxylic acids is 1. The SMILES string of the molecule is O=C(O)C(=O)O.O=C(c1ccc(F)cc1)N1CCN(Cc2cccc(F)c2)CC1. The van der Waals surface area contributed by atoms with E-state index in [-0.39, 0.29) is 17.5 Å². The molecule has 0 saturated carbocycles. The van der Waals surface area contributed by atoms with Crippen LogP contribution in [0.3, 0.4) is 0 Å². The third-order valence-electron chi connectivity index (χ3n) is 4.23. The Morgan fingerprint density at radius 1 is 0.828 bits per heavy atom. The van der Waals surface area contributed by atoms with Crippen LogP contribution in [0.25, 0.3) is 0 Å². The van der Waals surface area contributed by atoms with Gasteiger partial charge in [-0.15, -0.1) is 0 Å². The lowest BCUT2D eigenvalue weighted by Gasteiger charge is -2.34. The minimum atomic E-state index is -1.82. The molecule has 7 nitrogen and oxygen atoms in total. The molecule has 2 aromatic rings. The molecule has 1 aliphatic heterocycles. The quantitative estimate of drug-likeness (QED) is 0.758. The number of hydrogen-bond donors (Lipinski definition) is 2. The number of piperazine rings is 1. The Bertz CT molecular complexity index is 853. The zero-order valence-electron chi connectivity index (χ0n) is 15.4. The molecule has 0 atom stereocenters. The number of hydrogen-bond acceptors (Lipinski definition) is 4. The Hall–Kier alpha value is -3.33. The molecular weight excluding hydrogens is 386 g/mol. The largest absolute Gasteiger partial charge is 0.473 e. The van der Waals surface area contributed by atoms with Gasteiger partial charge in [-0.05, 0) is 42.0 Å². The molecule has 9 heteroatoms. The predicted octanol–water partition coefficient (Wildman–Crippen LogP) is 2.08. The lowest BCUT2D eigenvalue weighted by atomic mass is 10.1. The van der Waals surface area contributed by atoms with Gasteiger partial charge in [0.05, 0.1) is 0 Å². The van der Waals surface area contributed by atoms with Crippen molar-refractivity contribution < 1.29 is 33.4 Å². The molecule has 2 N–H and O–H groups in total. The molecule has 2 aromatic carbocycles. The number of amides is 1. The molecule has 0 unspecified atom stereocenters. The van der Waals surface area contributed by atoms with Gasteiger partial charge in [-0.25, -0.2) is 18.4 Å². The molecule has 1 fully saturated rings. The summed E-state index contributed by atoms with van der Waals surface area (Å²) in [6.45, 7) is 3.39. The summed E-state index contributed by atoms with van der Waals surface area (Å²) < 4.78 is 26.1. The van der Waals surface area contributed by atoms with Gasteiger partial charge in [-0.1, -0.05) is 12.1 Å². The number of carbonyl (C=O) groups is 3. The van der Waals surface area contributed by atoms with Crippen molar-refractivity contribution in [1.29, 1.82) is 0 Å². The molecule has 1 amide bonds. The zero-order chi connectivity index (χ0) is 21.4. The van der Waals surface area contributed by atoms with E-state index in [1.54, 1.807) is 11.0 Å². The van der Waals surface area contributed by atoms with E-state index in [1.807, 2.05) is 6.07 Å². The Balaban J connectivity index is 0.000000438. The Morgan fingerprint density at radius 2 is 1.41 bits per heavy atom. The van der Waals surface area contributed by atoms with E-state index in [2.05, 4.69) is 4.90 Å². The van der Waals surface area contributed by atoms with Crippen LogP contribution in [0.5, 0.6) is 0 Å². The van der Waals surface area contributed by atoms with Crippen molar-refractivity contribution in [3.8, 4) is 0 Å².